The smallest absolute Gasteiger partial charge is 0.240 e. The first-order chi connectivity index (χ1) is 12.2. The van der Waals surface area contributed by atoms with Crippen LogP contribution >= 0.6 is 12.4 Å². The number of rotatable bonds is 6. The summed E-state index contributed by atoms with van der Waals surface area (Å²) >= 11 is 0. The van der Waals surface area contributed by atoms with E-state index >= 15 is 0 Å². The third kappa shape index (κ3) is 5.46. The van der Waals surface area contributed by atoms with Crippen molar-refractivity contribution in [1.29, 1.82) is 0 Å². The van der Waals surface area contributed by atoms with Gasteiger partial charge in [-0.1, -0.05) is 42.5 Å². The number of para-hydroxylation sites is 1. The predicted octanol–water partition coefficient (Wildman–Crippen LogP) is 2.81. The minimum Gasteiger partial charge on any atom is -0.489 e. The molecular formula is C20H25ClN2O3. The molecule has 2 aromatic carbocycles. The van der Waals surface area contributed by atoms with E-state index < -0.39 is 5.54 Å². The van der Waals surface area contributed by atoms with Gasteiger partial charge < -0.3 is 20.5 Å². The Morgan fingerprint density at radius 3 is 2.50 bits per heavy atom. The van der Waals surface area contributed by atoms with Crippen LogP contribution in [0.4, 0.5) is 0 Å². The number of nitrogens with two attached hydrogens (primary N) is 1. The van der Waals surface area contributed by atoms with Crippen molar-refractivity contribution in [3.05, 3.63) is 65.7 Å². The Hall–Kier alpha value is -2.08. The molecule has 0 unspecified atom stereocenters. The summed E-state index contributed by atoms with van der Waals surface area (Å²) in [6.45, 7) is 2.02. The molecule has 0 saturated carbocycles. The fraction of sp³-hybridized carbons (Fsp3) is 0.350. The third-order valence-corrected chi connectivity index (χ3v) is 4.43. The summed E-state index contributed by atoms with van der Waals surface area (Å²) in [5, 5.41) is 2.95. The first-order valence-corrected chi connectivity index (χ1v) is 8.56. The van der Waals surface area contributed by atoms with Crippen LogP contribution in [0, 0.1) is 0 Å². The van der Waals surface area contributed by atoms with Gasteiger partial charge in [0, 0.05) is 19.8 Å². The van der Waals surface area contributed by atoms with E-state index in [-0.39, 0.29) is 18.3 Å². The van der Waals surface area contributed by atoms with Crippen LogP contribution in [0.5, 0.6) is 5.75 Å². The fourth-order valence-corrected chi connectivity index (χ4v) is 2.83. The standard InChI is InChI=1S/C20H24N2O3.ClH/c21-20(9-11-24-12-10-20)19(23)22-14-16-5-4-6-17(13-16)15-25-18-7-2-1-3-8-18;/h1-8,13H,9-12,14-15,21H2,(H,22,23);1H. The summed E-state index contributed by atoms with van der Waals surface area (Å²) in [6, 6.07) is 17.7. The summed E-state index contributed by atoms with van der Waals surface area (Å²) in [7, 11) is 0. The predicted molar refractivity (Wildman–Crippen MR) is 103 cm³/mol. The second kappa shape index (κ2) is 9.57. The zero-order chi connectivity index (χ0) is 17.5. The van der Waals surface area contributed by atoms with E-state index in [1.165, 1.54) is 0 Å². The Morgan fingerprint density at radius 1 is 1.08 bits per heavy atom. The molecule has 1 aliphatic heterocycles. The van der Waals surface area contributed by atoms with E-state index in [4.69, 9.17) is 15.2 Å². The van der Waals surface area contributed by atoms with Gasteiger partial charge in [-0.05, 0) is 36.1 Å². The second-order valence-electron chi connectivity index (χ2n) is 6.37. The Kier molecular flexibility index (Phi) is 7.45. The maximum atomic E-state index is 12.4. The largest absolute Gasteiger partial charge is 0.489 e. The van der Waals surface area contributed by atoms with Crippen LogP contribution in [-0.4, -0.2) is 24.7 Å². The Bertz CT molecular complexity index is 703. The number of benzene rings is 2. The highest BCUT2D eigenvalue weighted by Gasteiger charge is 2.35. The monoisotopic (exact) mass is 376 g/mol. The van der Waals surface area contributed by atoms with Crippen molar-refractivity contribution in [2.45, 2.75) is 31.5 Å². The summed E-state index contributed by atoms with van der Waals surface area (Å²) in [5.41, 5.74) is 7.47. The quantitative estimate of drug-likeness (QED) is 0.813. The van der Waals surface area contributed by atoms with Crippen molar-refractivity contribution in [1.82, 2.24) is 5.32 Å². The zero-order valence-corrected chi connectivity index (χ0v) is 15.5. The van der Waals surface area contributed by atoms with Crippen LogP contribution in [0.1, 0.15) is 24.0 Å². The van der Waals surface area contributed by atoms with Gasteiger partial charge in [0.15, 0.2) is 0 Å². The van der Waals surface area contributed by atoms with Crippen LogP contribution in [0.2, 0.25) is 0 Å². The lowest BCUT2D eigenvalue weighted by atomic mass is 9.90. The first kappa shape index (κ1) is 20.2. The van der Waals surface area contributed by atoms with E-state index in [9.17, 15) is 4.79 Å². The van der Waals surface area contributed by atoms with Crippen molar-refractivity contribution >= 4 is 18.3 Å². The van der Waals surface area contributed by atoms with E-state index in [1.807, 2.05) is 54.6 Å². The van der Waals surface area contributed by atoms with Gasteiger partial charge in [0.1, 0.15) is 12.4 Å². The molecule has 1 amide bonds. The van der Waals surface area contributed by atoms with E-state index in [1.54, 1.807) is 0 Å². The molecule has 6 heteroatoms. The van der Waals surface area contributed by atoms with E-state index in [0.717, 1.165) is 16.9 Å². The minimum absolute atomic E-state index is 0. The van der Waals surface area contributed by atoms with Crippen LogP contribution in [0.3, 0.4) is 0 Å². The molecule has 3 N–H and O–H groups in total. The number of amides is 1. The molecule has 140 valence electrons. The average Bonchev–Trinajstić information content (AvgIpc) is 2.66. The lowest BCUT2D eigenvalue weighted by molar-refractivity contribution is -0.129. The first-order valence-electron chi connectivity index (χ1n) is 8.56. The number of carbonyl (C=O) groups is 1. The third-order valence-electron chi connectivity index (χ3n) is 4.43. The van der Waals surface area contributed by atoms with Crippen molar-refractivity contribution in [3.8, 4) is 5.75 Å². The van der Waals surface area contributed by atoms with E-state index in [0.29, 0.717) is 39.2 Å². The van der Waals surface area contributed by atoms with Crippen molar-refractivity contribution in [2.75, 3.05) is 13.2 Å². The molecule has 0 atom stereocenters. The molecule has 26 heavy (non-hydrogen) atoms. The lowest BCUT2D eigenvalue weighted by Gasteiger charge is -2.31. The molecule has 1 heterocycles. The Morgan fingerprint density at radius 2 is 1.77 bits per heavy atom. The molecule has 1 saturated heterocycles. The van der Waals surface area contributed by atoms with Gasteiger partial charge in [0.25, 0.3) is 0 Å². The fourth-order valence-electron chi connectivity index (χ4n) is 2.83. The molecule has 0 radical (unpaired) electrons. The Labute approximate surface area is 160 Å². The van der Waals surface area contributed by atoms with Gasteiger partial charge in [-0.25, -0.2) is 0 Å². The van der Waals surface area contributed by atoms with Crippen molar-refractivity contribution < 1.29 is 14.3 Å². The maximum absolute atomic E-state index is 12.4. The van der Waals surface area contributed by atoms with Crippen molar-refractivity contribution in [3.63, 3.8) is 0 Å². The summed E-state index contributed by atoms with van der Waals surface area (Å²) in [4.78, 5) is 12.4. The lowest BCUT2D eigenvalue weighted by Crippen LogP contribution is -2.56. The SMILES string of the molecule is Cl.NC1(C(=O)NCc2cccc(COc3ccccc3)c2)CCOCC1. The molecule has 1 aliphatic rings. The Balaban J connectivity index is 0.00000243. The molecular weight excluding hydrogens is 352 g/mol. The maximum Gasteiger partial charge on any atom is 0.240 e. The van der Waals surface area contributed by atoms with Crippen LogP contribution < -0.4 is 15.8 Å². The average molecular weight is 377 g/mol. The van der Waals surface area contributed by atoms with Gasteiger partial charge in [0.05, 0.1) is 5.54 Å². The molecule has 3 rings (SSSR count). The highest BCUT2D eigenvalue weighted by Crippen LogP contribution is 2.18. The number of hydrogen-bond acceptors (Lipinski definition) is 4. The highest BCUT2D eigenvalue weighted by molar-refractivity contribution is 5.86. The molecule has 5 nitrogen and oxygen atoms in total. The number of hydrogen-bond donors (Lipinski definition) is 2. The van der Waals surface area contributed by atoms with Crippen LogP contribution in [-0.2, 0) is 22.7 Å². The normalized spacial score (nSPS) is 15.6. The number of carbonyl (C=O) groups excluding carboxylic acids is 1. The van der Waals surface area contributed by atoms with Gasteiger partial charge in [-0.15, -0.1) is 12.4 Å². The van der Waals surface area contributed by atoms with Crippen LogP contribution in [0.25, 0.3) is 0 Å². The van der Waals surface area contributed by atoms with Gasteiger partial charge in [0.2, 0.25) is 5.91 Å². The number of ether oxygens (including phenoxy) is 2. The molecule has 0 bridgehead atoms. The summed E-state index contributed by atoms with van der Waals surface area (Å²) < 4.78 is 11.0. The van der Waals surface area contributed by atoms with Gasteiger partial charge in [-0.3, -0.25) is 4.79 Å². The zero-order valence-electron chi connectivity index (χ0n) is 14.6. The van der Waals surface area contributed by atoms with Crippen molar-refractivity contribution in [2.24, 2.45) is 5.73 Å². The van der Waals surface area contributed by atoms with E-state index in [2.05, 4.69) is 5.32 Å². The summed E-state index contributed by atoms with van der Waals surface area (Å²) in [6.07, 6.45) is 1.12. The minimum atomic E-state index is -0.813. The van der Waals surface area contributed by atoms with Gasteiger partial charge in [-0.2, -0.15) is 0 Å². The number of halogens is 1. The highest BCUT2D eigenvalue weighted by atomic mass is 35.5. The molecule has 1 fully saturated rings. The van der Waals surface area contributed by atoms with Gasteiger partial charge >= 0.3 is 0 Å². The van der Waals surface area contributed by atoms with Crippen LogP contribution in [0.15, 0.2) is 54.6 Å². The molecule has 2 aromatic rings. The number of nitrogens with one attached hydrogen (secondary N) is 1. The summed E-state index contributed by atoms with van der Waals surface area (Å²) in [5.74, 6) is 0.729. The molecule has 0 spiro atoms. The topological polar surface area (TPSA) is 73.6 Å². The molecule has 0 aromatic heterocycles. The second-order valence-corrected chi connectivity index (χ2v) is 6.37. The molecule has 0 aliphatic carbocycles.